The van der Waals surface area contributed by atoms with Crippen LogP contribution in [-0.4, -0.2) is 64.3 Å². The van der Waals surface area contributed by atoms with Gasteiger partial charge in [0.1, 0.15) is 0 Å². The maximum absolute atomic E-state index is 12.9. The van der Waals surface area contributed by atoms with Gasteiger partial charge in [-0.3, -0.25) is 9.89 Å². The van der Waals surface area contributed by atoms with Crippen LogP contribution in [0.2, 0.25) is 0 Å². The molecule has 0 bridgehead atoms. The van der Waals surface area contributed by atoms with E-state index in [4.69, 9.17) is 0 Å². The Morgan fingerprint density at radius 3 is 2.57 bits per heavy atom. The molecule has 1 aliphatic rings. The molecule has 0 spiro atoms. The van der Waals surface area contributed by atoms with Gasteiger partial charge in [0.25, 0.3) is 0 Å². The highest BCUT2D eigenvalue weighted by Gasteiger charge is 2.30. The van der Waals surface area contributed by atoms with Crippen LogP contribution in [-0.2, 0) is 22.7 Å². The number of nitrogens with one attached hydrogen (secondary N) is 3. The Kier molecular flexibility index (Phi) is 8.92. The van der Waals surface area contributed by atoms with E-state index in [0.717, 1.165) is 38.3 Å². The van der Waals surface area contributed by atoms with Gasteiger partial charge in [-0.1, -0.05) is 18.2 Å². The lowest BCUT2D eigenvalue weighted by Gasteiger charge is -2.33. The summed E-state index contributed by atoms with van der Waals surface area (Å²) in [4.78, 5) is 6.52. The molecule has 0 unspecified atom stereocenters. The highest BCUT2D eigenvalue weighted by Crippen LogP contribution is 2.30. The summed E-state index contributed by atoms with van der Waals surface area (Å²) in [6.45, 7) is 5.19. The van der Waals surface area contributed by atoms with Crippen LogP contribution in [0.3, 0.4) is 0 Å². The van der Waals surface area contributed by atoms with Gasteiger partial charge in [0.15, 0.2) is 5.96 Å². The van der Waals surface area contributed by atoms with Crippen molar-refractivity contribution in [1.82, 2.24) is 20.3 Å². The molecule has 0 saturated carbocycles. The van der Waals surface area contributed by atoms with Gasteiger partial charge in [-0.05, 0) is 31.4 Å². The first-order valence-electron chi connectivity index (χ1n) is 9.95. The molecule has 0 atom stereocenters. The number of hydrogen-bond acceptors (Lipinski definition) is 4. The van der Waals surface area contributed by atoms with E-state index in [1.54, 1.807) is 6.07 Å². The van der Waals surface area contributed by atoms with Crippen LogP contribution in [0.25, 0.3) is 0 Å². The van der Waals surface area contributed by atoms with Crippen LogP contribution < -0.4 is 15.4 Å². The fourth-order valence-corrected chi connectivity index (χ4v) is 3.71. The lowest BCUT2D eigenvalue weighted by atomic mass is 10.0. The van der Waals surface area contributed by atoms with Crippen molar-refractivity contribution in [2.75, 3.05) is 39.0 Å². The third-order valence-corrected chi connectivity index (χ3v) is 5.41. The summed E-state index contributed by atoms with van der Waals surface area (Å²) >= 11 is 0. The van der Waals surface area contributed by atoms with Crippen molar-refractivity contribution < 1.29 is 21.6 Å². The Labute approximate surface area is 176 Å². The number of hydrogen-bond donors (Lipinski definition) is 3. The van der Waals surface area contributed by atoms with E-state index in [0.29, 0.717) is 31.2 Å². The third kappa shape index (κ3) is 8.88. The quantitative estimate of drug-likeness (QED) is 0.320. The third-order valence-electron chi connectivity index (χ3n) is 4.68. The summed E-state index contributed by atoms with van der Waals surface area (Å²) in [6, 6.07) is 5.67. The zero-order chi connectivity index (χ0) is 22.2. The minimum absolute atomic E-state index is 0.198. The Morgan fingerprint density at radius 1 is 1.27 bits per heavy atom. The minimum atomic E-state index is -4.33. The number of nitrogens with zero attached hydrogens (tertiary/aromatic N) is 2. The van der Waals surface area contributed by atoms with Crippen molar-refractivity contribution in [2.24, 2.45) is 4.99 Å². The maximum Gasteiger partial charge on any atom is 0.416 e. The predicted octanol–water partition coefficient (Wildman–Crippen LogP) is 1.77. The number of halogens is 3. The zero-order valence-corrected chi connectivity index (χ0v) is 18.1. The van der Waals surface area contributed by atoms with E-state index in [9.17, 15) is 21.6 Å². The Hall–Kier alpha value is -1.85. The lowest BCUT2D eigenvalue weighted by molar-refractivity contribution is -0.137. The Morgan fingerprint density at radius 2 is 1.97 bits per heavy atom. The Balaban J connectivity index is 1.82. The van der Waals surface area contributed by atoms with Crippen LogP contribution in [0.5, 0.6) is 0 Å². The molecule has 30 heavy (non-hydrogen) atoms. The molecular formula is C19H30F3N5O2S. The van der Waals surface area contributed by atoms with Crippen molar-refractivity contribution in [2.45, 2.75) is 38.5 Å². The van der Waals surface area contributed by atoms with Crippen molar-refractivity contribution in [3.63, 3.8) is 0 Å². The van der Waals surface area contributed by atoms with Crippen molar-refractivity contribution >= 4 is 16.0 Å². The molecule has 170 valence electrons. The maximum atomic E-state index is 12.9. The van der Waals surface area contributed by atoms with E-state index in [-0.39, 0.29) is 12.6 Å². The second-order valence-corrected chi connectivity index (χ2v) is 9.15. The van der Waals surface area contributed by atoms with Crippen molar-refractivity contribution in [3.05, 3.63) is 35.4 Å². The van der Waals surface area contributed by atoms with E-state index >= 15 is 0 Å². The molecule has 1 aliphatic heterocycles. The number of rotatable bonds is 8. The summed E-state index contributed by atoms with van der Waals surface area (Å²) in [5, 5.41) is 6.49. The number of aliphatic imine (C=N–C) groups is 1. The fourth-order valence-electron chi connectivity index (χ4n) is 3.25. The van der Waals surface area contributed by atoms with Gasteiger partial charge in [0.05, 0.1) is 18.4 Å². The average Bonchev–Trinajstić information content (AvgIpc) is 2.66. The van der Waals surface area contributed by atoms with Gasteiger partial charge in [-0.15, -0.1) is 0 Å². The topological polar surface area (TPSA) is 85.8 Å². The zero-order valence-electron chi connectivity index (χ0n) is 17.3. The number of sulfonamides is 1. The summed E-state index contributed by atoms with van der Waals surface area (Å²) in [6.07, 6.45) is -1.55. The molecule has 0 amide bonds. The SMILES string of the molecule is CCNC(=NCCNS(C)(=O)=O)NC1CCN(Cc2cccc(C(F)(F)F)c2)CC1. The van der Waals surface area contributed by atoms with E-state index in [2.05, 4.69) is 25.2 Å². The molecule has 1 saturated heterocycles. The van der Waals surface area contributed by atoms with Crippen LogP contribution in [0, 0.1) is 0 Å². The molecule has 3 N–H and O–H groups in total. The second-order valence-electron chi connectivity index (χ2n) is 7.32. The first kappa shape index (κ1) is 24.4. The normalized spacial score (nSPS) is 17.2. The molecule has 0 aliphatic carbocycles. The highest BCUT2D eigenvalue weighted by molar-refractivity contribution is 7.88. The Bertz CT molecular complexity index is 807. The summed E-state index contributed by atoms with van der Waals surface area (Å²) in [7, 11) is -3.23. The van der Waals surface area contributed by atoms with Gasteiger partial charge in [-0.2, -0.15) is 13.2 Å². The molecule has 2 rings (SSSR count). The number of likely N-dealkylation sites (tertiary alicyclic amines) is 1. The molecule has 0 radical (unpaired) electrons. The van der Waals surface area contributed by atoms with Gasteiger partial charge in [0, 0.05) is 38.8 Å². The number of alkyl halides is 3. The van der Waals surface area contributed by atoms with Crippen molar-refractivity contribution in [3.8, 4) is 0 Å². The molecule has 0 aromatic heterocycles. The average molecular weight is 450 g/mol. The van der Waals surface area contributed by atoms with E-state index < -0.39 is 21.8 Å². The number of guanidine groups is 1. The largest absolute Gasteiger partial charge is 0.416 e. The minimum Gasteiger partial charge on any atom is -0.357 e. The molecule has 1 aromatic carbocycles. The van der Waals surface area contributed by atoms with Gasteiger partial charge in [-0.25, -0.2) is 13.1 Å². The van der Waals surface area contributed by atoms with Crippen LogP contribution >= 0.6 is 0 Å². The standard InChI is InChI=1S/C19H30F3N5O2S/c1-3-23-18(24-9-10-25-30(2,28)29)26-17-7-11-27(12-8-17)14-15-5-4-6-16(13-15)19(20,21)22/h4-6,13,17,25H,3,7-12,14H2,1-2H3,(H2,23,24,26). The van der Waals surface area contributed by atoms with E-state index in [1.165, 1.54) is 12.1 Å². The molecule has 1 fully saturated rings. The van der Waals surface area contributed by atoms with Crippen molar-refractivity contribution in [1.29, 1.82) is 0 Å². The predicted molar refractivity (Wildman–Crippen MR) is 112 cm³/mol. The first-order chi connectivity index (χ1) is 14.1. The van der Waals surface area contributed by atoms with Gasteiger partial charge < -0.3 is 10.6 Å². The first-order valence-corrected chi connectivity index (χ1v) is 11.8. The fraction of sp³-hybridized carbons (Fsp3) is 0.632. The molecule has 11 heteroatoms. The summed E-state index contributed by atoms with van der Waals surface area (Å²) in [5.41, 5.74) is 0.0397. The molecular weight excluding hydrogens is 419 g/mol. The van der Waals surface area contributed by atoms with Gasteiger partial charge >= 0.3 is 6.18 Å². The summed E-state index contributed by atoms with van der Waals surface area (Å²) in [5.74, 6) is 0.629. The summed E-state index contributed by atoms with van der Waals surface area (Å²) < 4.78 is 63.2. The monoisotopic (exact) mass is 449 g/mol. The van der Waals surface area contributed by atoms with Gasteiger partial charge in [0.2, 0.25) is 10.0 Å². The van der Waals surface area contributed by atoms with E-state index in [1.807, 2.05) is 6.92 Å². The van der Waals surface area contributed by atoms with Crippen LogP contribution in [0.1, 0.15) is 30.9 Å². The number of piperidine rings is 1. The highest BCUT2D eigenvalue weighted by atomic mass is 32.2. The molecule has 7 nitrogen and oxygen atoms in total. The molecule has 1 aromatic rings. The number of benzene rings is 1. The second kappa shape index (κ2) is 11.0. The molecule has 1 heterocycles. The smallest absolute Gasteiger partial charge is 0.357 e. The van der Waals surface area contributed by atoms with Crippen LogP contribution in [0.4, 0.5) is 13.2 Å². The van der Waals surface area contributed by atoms with Crippen LogP contribution in [0.15, 0.2) is 29.3 Å². The lowest BCUT2D eigenvalue weighted by Crippen LogP contribution is -2.48.